The van der Waals surface area contributed by atoms with Gasteiger partial charge < -0.3 is 19.1 Å². The lowest BCUT2D eigenvalue weighted by Gasteiger charge is -2.33. The van der Waals surface area contributed by atoms with E-state index in [9.17, 15) is 18.0 Å². The zero-order valence-electron chi connectivity index (χ0n) is 23.1. The molecule has 2 heterocycles. The first-order valence-corrected chi connectivity index (χ1v) is 14.7. The lowest BCUT2D eigenvalue weighted by molar-refractivity contribution is -0.117. The zero-order valence-corrected chi connectivity index (χ0v) is 23.9. The van der Waals surface area contributed by atoms with Crippen LogP contribution in [0.1, 0.15) is 39.2 Å². The fraction of sp³-hybridized carbons (Fsp3) is 0.379. The van der Waals surface area contributed by atoms with Gasteiger partial charge in [-0.3, -0.25) is 4.79 Å². The van der Waals surface area contributed by atoms with Crippen LogP contribution in [-0.4, -0.2) is 56.7 Å². The van der Waals surface area contributed by atoms with Crippen LogP contribution in [0.2, 0.25) is 0 Å². The Morgan fingerprint density at radius 3 is 2.41 bits per heavy atom. The van der Waals surface area contributed by atoms with E-state index in [0.717, 1.165) is 5.56 Å². The number of likely N-dealkylation sites (tertiary alicyclic amines) is 1. The fourth-order valence-corrected chi connectivity index (χ4v) is 5.93. The molecular formula is C29H32FN3O7S. The average molecular weight is 586 g/mol. The Labute approximate surface area is 238 Å². The largest absolute Gasteiger partial charge is 0.490 e. The number of amides is 2. The number of benzene rings is 3. The standard InChI is InChI=1S/C29H32FN3O7S/c1-29(2,3)40-28(35)32-13-11-21(12-14-32)39-22-10-9-20-15-24(38-18-19-7-5-4-6-8-19)27(26(30)23(20)16-22)33-17-25(34)31-41(33,36)37/h4-10,15-16,21H,11-14,17-18H2,1-3H3,(H,31,34). The van der Waals surface area contributed by atoms with Gasteiger partial charge in [0.05, 0.1) is 0 Å². The predicted molar refractivity (Wildman–Crippen MR) is 151 cm³/mol. The minimum atomic E-state index is -4.30. The molecule has 218 valence electrons. The van der Waals surface area contributed by atoms with Crippen LogP contribution in [0.5, 0.6) is 11.5 Å². The van der Waals surface area contributed by atoms with E-state index in [1.165, 1.54) is 6.07 Å². The van der Waals surface area contributed by atoms with Crippen molar-refractivity contribution < 1.29 is 36.6 Å². The first kappa shape index (κ1) is 28.5. The van der Waals surface area contributed by atoms with Gasteiger partial charge in [0.2, 0.25) is 0 Å². The monoisotopic (exact) mass is 585 g/mol. The van der Waals surface area contributed by atoms with Gasteiger partial charge in [0.25, 0.3) is 5.91 Å². The topological polar surface area (TPSA) is 114 Å². The number of nitrogens with zero attached hydrogens (tertiary/aromatic N) is 2. The van der Waals surface area contributed by atoms with Crippen LogP contribution in [0.4, 0.5) is 14.9 Å². The molecule has 0 aliphatic carbocycles. The van der Waals surface area contributed by atoms with E-state index in [1.807, 2.05) is 55.8 Å². The number of rotatable bonds is 6. The number of carbonyl (C=O) groups is 2. The lowest BCUT2D eigenvalue weighted by Crippen LogP contribution is -2.44. The van der Waals surface area contributed by atoms with Crippen LogP contribution >= 0.6 is 0 Å². The lowest BCUT2D eigenvalue weighted by atomic mass is 10.1. The van der Waals surface area contributed by atoms with Gasteiger partial charge in [-0.25, -0.2) is 18.2 Å². The Morgan fingerprint density at radius 1 is 1.07 bits per heavy atom. The molecule has 2 saturated heterocycles. The molecule has 41 heavy (non-hydrogen) atoms. The number of ether oxygens (including phenoxy) is 3. The van der Waals surface area contributed by atoms with Crippen LogP contribution in [0.3, 0.4) is 0 Å². The van der Waals surface area contributed by atoms with Gasteiger partial charge in [0.1, 0.15) is 42.0 Å². The van der Waals surface area contributed by atoms with Crippen molar-refractivity contribution in [3.8, 4) is 11.5 Å². The Bertz CT molecular complexity index is 1570. The summed E-state index contributed by atoms with van der Waals surface area (Å²) in [6.45, 7) is 5.87. The summed E-state index contributed by atoms with van der Waals surface area (Å²) in [6, 6.07) is 15.6. The molecule has 2 fully saturated rings. The summed E-state index contributed by atoms with van der Waals surface area (Å²) in [5.74, 6) is -1.24. The number of hydrogen-bond acceptors (Lipinski definition) is 7. The molecular weight excluding hydrogens is 553 g/mol. The number of halogens is 1. The third kappa shape index (κ3) is 6.48. The Kier molecular flexibility index (Phi) is 7.69. The number of carbonyl (C=O) groups excluding carboxylic acids is 2. The van der Waals surface area contributed by atoms with Crippen molar-refractivity contribution in [2.45, 2.75) is 51.9 Å². The van der Waals surface area contributed by atoms with Crippen molar-refractivity contribution in [1.82, 2.24) is 9.62 Å². The molecule has 0 aromatic heterocycles. The third-order valence-corrected chi connectivity index (χ3v) is 8.07. The van der Waals surface area contributed by atoms with Crippen LogP contribution in [-0.2, 0) is 26.3 Å². The molecule has 5 rings (SSSR count). The van der Waals surface area contributed by atoms with Crippen LogP contribution in [0, 0.1) is 5.82 Å². The summed E-state index contributed by atoms with van der Waals surface area (Å²) in [5, 5.41) is 0.586. The number of fused-ring (bicyclic) bond motifs is 1. The minimum absolute atomic E-state index is 0.0119. The Hall–Kier alpha value is -4.06. The zero-order chi connectivity index (χ0) is 29.4. The van der Waals surface area contributed by atoms with Crippen molar-refractivity contribution in [2.24, 2.45) is 0 Å². The second kappa shape index (κ2) is 11.1. The molecule has 0 unspecified atom stereocenters. The molecule has 0 bridgehead atoms. The maximum atomic E-state index is 16.2. The van der Waals surface area contributed by atoms with E-state index in [2.05, 4.69) is 0 Å². The summed E-state index contributed by atoms with van der Waals surface area (Å²) in [4.78, 5) is 26.0. The van der Waals surface area contributed by atoms with Crippen LogP contribution in [0.25, 0.3) is 10.8 Å². The molecule has 2 amide bonds. The SMILES string of the molecule is CC(C)(C)OC(=O)N1CCC(Oc2ccc3cc(OCc4ccccc4)c(N4CC(=O)NS4(=O)=O)c(F)c3c2)CC1. The summed E-state index contributed by atoms with van der Waals surface area (Å²) in [7, 11) is -4.30. The summed E-state index contributed by atoms with van der Waals surface area (Å²) >= 11 is 0. The van der Waals surface area contributed by atoms with Gasteiger partial charge in [0, 0.05) is 31.3 Å². The highest BCUT2D eigenvalue weighted by Crippen LogP contribution is 2.40. The first-order valence-electron chi connectivity index (χ1n) is 13.3. The molecule has 2 aliphatic rings. The van der Waals surface area contributed by atoms with Crippen LogP contribution < -0.4 is 18.5 Å². The molecule has 0 saturated carbocycles. The first-order chi connectivity index (χ1) is 19.4. The molecule has 3 aromatic rings. The van der Waals surface area contributed by atoms with Gasteiger partial charge in [-0.2, -0.15) is 8.42 Å². The smallest absolute Gasteiger partial charge is 0.410 e. The predicted octanol–water partition coefficient (Wildman–Crippen LogP) is 4.52. The highest BCUT2D eigenvalue weighted by molar-refractivity contribution is 7.92. The average Bonchev–Trinajstić information content (AvgIpc) is 3.19. The quantitative estimate of drug-likeness (QED) is 0.453. The summed E-state index contributed by atoms with van der Waals surface area (Å²) < 4.78 is 61.6. The number of piperidine rings is 1. The van der Waals surface area contributed by atoms with Gasteiger partial charge in [-0.05, 0) is 49.9 Å². The molecule has 3 aromatic carbocycles. The Morgan fingerprint density at radius 2 is 1.78 bits per heavy atom. The molecule has 10 nitrogen and oxygen atoms in total. The molecule has 0 atom stereocenters. The highest BCUT2D eigenvalue weighted by atomic mass is 32.2. The van der Waals surface area contributed by atoms with E-state index < -0.39 is 34.1 Å². The number of hydrogen-bond donors (Lipinski definition) is 1. The van der Waals surface area contributed by atoms with Crippen molar-refractivity contribution in [3.63, 3.8) is 0 Å². The molecule has 12 heteroatoms. The highest BCUT2D eigenvalue weighted by Gasteiger charge is 2.38. The summed E-state index contributed by atoms with van der Waals surface area (Å²) in [6.07, 6.45) is 0.558. The van der Waals surface area contributed by atoms with Crippen molar-refractivity contribution >= 4 is 38.7 Å². The maximum Gasteiger partial charge on any atom is 0.410 e. The van der Waals surface area contributed by atoms with E-state index in [-0.39, 0.29) is 35.6 Å². The Balaban J connectivity index is 1.40. The van der Waals surface area contributed by atoms with Gasteiger partial charge in [-0.1, -0.05) is 36.4 Å². The van der Waals surface area contributed by atoms with E-state index in [0.29, 0.717) is 41.4 Å². The van der Waals surface area contributed by atoms with Gasteiger partial charge in [-0.15, -0.1) is 0 Å². The van der Waals surface area contributed by atoms with E-state index in [1.54, 1.807) is 23.1 Å². The fourth-order valence-electron chi connectivity index (χ4n) is 4.77. The van der Waals surface area contributed by atoms with E-state index >= 15 is 4.39 Å². The third-order valence-electron chi connectivity index (χ3n) is 6.69. The summed E-state index contributed by atoms with van der Waals surface area (Å²) in [5.41, 5.74) is -0.128. The molecule has 0 radical (unpaired) electrons. The van der Waals surface area contributed by atoms with Gasteiger partial charge in [0.15, 0.2) is 5.82 Å². The van der Waals surface area contributed by atoms with E-state index in [4.69, 9.17) is 14.2 Å². The van der Waals surface area contributed by atoms with Crippen molar-refractivity contribution in [3.05, 3.63) is 66.0 Å². The second-order valence-electron chi connectivity index (χ2n) is 11.0. The molecule has 0 spiro atoms. The second-order valence-corrected chi connectivity index (χ2v) is 12.6. The number of nitrogens with one attached hydrogen (secondary N) is 1. The van der Waals surface area contributed by atoms with Crippen molar-refractivity contribution in [2.75, 3.05) is 23.9 Å². The normalized spacial score (nSPS) is 17.4. The van der Waals surface area contributed by atoms with Gasteiger partial charge >= 0.3 is 16.3 Å². The number of anilines is 1. The maximum absolute atomic E-state index is 16.2. The minimum Gasteiger partial charge on any atom is -0.490 e. The molecule has 2 aliphatic heterocycles. The van der Waals surface area contributed by atoms with Crippen LogP contribution in [0.15, 0.2) is 54.6 Å². The molecule has 1 N–H and O–H groups in total. The van der Waals surface area contributed by atoms with Crippen molar-refractivity contribution in [1.29, 1.82) is 0 Å².